The molecule has 0 amide bonds. The highest BCUT2D eigenvalue weighted by atomic mass is 16.6. The highest BCUT2D eigenvalue weighted by molar-refractivity contribution is 5.75. The van der Waals surface area contributed by atoms with Crippen LogP contribution in [0.25, 0.3) is 11.1 Å². The van der Waals surface area contributed by atoms with Gasteiger partial charge in [0.05, 0.1) is 6.61 Å². The van der Waals surface area contributed by atoms with Gasteiger partial charge in [-0.3, -0.25) is 0 Å². The van der Waals surface area contributed by atoms with Crippen LogP contribution in [-0.2, 0) is 9.53 Å². The maximum atomic E-state index is 12.0. The molecule has 2 rings (SSSR count). The maximum Gasteiger partial charge on any atom is 0.347 e. The fraction of sp³-hybridized carbons (Fsp3) is 0.350. The average molecular weight is 312 g/mol. The van der Waals surface area contributed by atoms with Gasteiger partial charge in [0.15, 0.2) is 6.10 Å². The molecule has 0 unspecified atom stereocenters. The Labute approximate surface area is 138 Å². The largest absolute Gasteiger partial charge is 0.479 e. The number of hydrogen-bond acceptors (Lipinski definition) is 3. The van der Waals surface area contributed by atoms with Gasteiger partial charge in [-0.05, 0) is 36.1 Å². The molecule has 0 aromatic heterocycles. The summed E-state index contributed by atoms with van der Waals surface area (Å²) in [6.07, 6.45) is 1.93. The van der Waals surface area contributed by atoms with Crippen molar-refractivity contribution in [3.63, 3.8) is 0 Å². The van der Waals surface area contributed by atoms with Crippen molar-refractivity contribution in [2.75, 3.05) is 6.61 Å². The van der Waals surface area contributed by atoms with E-state index in [0.29, 0.717) is 18.8 Å². The fourth-order valence-corrected chi connectivity index (χ4v) is 2.23. The third-order valence-corrected chi connectivity index (χ3v) is 3.62. The molecule has 0 bridgehead atoms. The zero-order valence-electron chi connectivity index (χ0n) is 13.8. The Hall–Kier alpha value is -2.29. The Bertz CT molecular complexity index is 590. The zero-order chi connectivity index (χ0) is 16.5. The second-order valence-corrected chi connectivity index (χ2v) is 5.43. The molecular weight excluding hydrogens is 288 g/mol. The lowest BCUT2D eigenvalue weighted by Gasteiger charge is -2.16. The van der Waals surface area contributed by atoms with Crippen LogP contribution in [0.4, 0.5) is 0 Å². The molecule has 1 atom stereocenters. The van der Waals surface area contributed by atoms with E-state index in [0.717, 1.165) is 24.0 Å². The van der Waals surface area contributed by atoms with Gasteiger partial charge in [-0.25, -0.2) is 4.79 Å². The van der Waals surface area contributed by atoms with Crippen LogP contribution in [0.2, 0.25) is 0 Å². The van der Waals surface area contributed by atoms with E-state index in [2.05, 4.69) is 19.1 Å². The second-order valence-electron chi connectivity index (χ2n) is 5.43. The van der Waals surface area contributed by atoms with Crippen molar-refractivity contribution in [3.05, 3.63) is 54.6 Å². The van der Waals surface area contributed by atoms with E-state index in [1.54, 1.807) is 0 Å². The van der Waals surface area contributed by atoms with Gasteiger partial charge in [0.1, 0.15) is 5.75 Å². The predicted molar refractivity (Wildman–Crippen MR) is 92.5 cm³/mol. The van der Waals surface area contributed by atoms with Gasteiger partial charge in [0, 0.05) is 0 Å². The first-order valence-corrected chi connectivity index (χ1v) is 8.23. The summed E-state index contributed by atoms with van der Waals surface area (Å²) >= 11 is 0. The first-order valence-electron chi connectivity index (χ1n) is 8.23. The van der Waals surface area contributed by atoms with Gasteiger partial charge in [-0.1, -0.05) is 62.7 Å². The van der Waals surface area contributed by atoms with Gasteiger partial charge >= 0.3 is 5.97 Å². The van der Waals surface area contributed by atoms with Crippen LogP contribution in [0.5, 0.6) is 5.75 Å². The van der Waals surface area contributed by atoms with Crippen LogP contribution >= 0.6 is 0 Å². The summed E-state index contributed by atoms with van der Waals surface area (Å²) in [7, 11) is 0. The molecule has 122 valence electrons. The van der Waals surface area contributed by atoms with Crippen LogP contribution in [0.3, 0.4) is 0 Å². The van der Waals surface area contributed by atoms with Crippen molar-refractivity contribution in [1.82, 2.24) is 0 Å². The molecule has 0 fully saturated rings. The van der Waals surface area contributed by atoms with E-state index in [1.165, 1.54) is 0 Å². The third kappa shape index (κ3) is 5.13. The Kier molecular flexibility index (Phi) is 6.67. The summed E-state index contributed by atoms with van der Waals surface area (Å²) in [4.78, 5) is 12.0. The van der Waals surface area contributed by atoms with Crippen LogP contribution in [-0.4, -0.2) is 18.7 Å². The van der Waals surface area contributed by atoms with E-state index >= 15 is 0 Å². The van der Waals surface area contributed by atoms with Gasteiger partial charge < -0.3 is 9.47 Å². The summed E-state index contributed by atoms with van der Waals surface area (Å²) in [6.45, 7) is 4.45. The Morgan fingerprint density at radius 1 is 0.957 bits per heavy atom. The minimum absolute atomic E-state index is 0.284. The standard InChI is InChI=1S/C20H24O3/c1-3-5-15-22-20(21)19(4-2)23-18-13-11-17(12-14-18)16-9-7-6-8-10-16/h6-14,19H,3-5,15H2,1-2H3/t19-/m0/s1. The molecule has 2 aromatic rings. The molecule has 0 heterocycles. The average Bonchev–Trinajstić information content (AvgIpc) is 2.61. The molecule has 0 aliphatic carbocycles. The first-order chi connectivity index (χ1) is 11.2. The van der Waals surface area contributed by atoms with Crippen molar-refractivity contribution >= 4 is 5.97 Å². The highest BCUT2D eigenvalue weighted by Crippen LogP contribution is 2.23. The summed E-state index contributed by atoms with van der Waals surface area (Å²) in [5, 5.41) is 0. The summed E-state index contributed by atoms with van der Waals surface area (Å²) < 4.78 is 11.0. The zero-order valence-corrected chi connectivity index (χ0v) is 13.8. The molecule has 0 aliphatic heterocycles. The van der Waals surface area contributed by atoms with Gasteiger partial charge in [0.25, 0.3) is 0 Å². The number of rotatable bonds is 8. The third-order valence-electron chi connectivity index (χ3n) is 3.62. The summed E-state index contributed by atoms with van der Waals surface area (Å²) in [5.41, 5.74) is 2.28. The van der Waals surface area contributed by atoms with Gasteiger partial charge in [-0.2, -0.15) is 0 Å². The van der Waals surface area contributed by atoms with Crippen molar-refractivity contribution in [2.24, 2.45) is 0 Å². The van der Waals surface area contributed by atoms with E-state index in [9.17, 15) is 4.79 Å². The topological polar surface area (TPSA) is 35.5 Å². The number of carbonyl (C=O) groups excluding carboxylic acids is 1. The monoisotopic (exact) mass is 312 g/mol. The molecule has 0 aliphatic rings. The molecule has 0 radical (unpaired) electrons. The van der Waals surface area contributed by atoms with E-state index < -0.39 is 6.10 Å². The summed E-state index contributed by atoms with van der Waals surface area (Å²) in [6, 6.07) is 17.9. The van der Waals surface area contributed by atoms with Crippen molar-refractivity contribution < 1.29 is 14.3 Å². The molecular formula is C20H24O3. The number of unbranched alkanes of at least 4 members (excludes halogenated alkanes) is 1. The molecule has 3 heteroatoms. The molecule has 0 N–H and O–H groups in total. The summed E-state index contributed by atoms with van der Waals surface area (Å²) in [5.74, 6) is 0.400. The number of carbonyl (C=O) groups is 1. The Balaban J connectivity index is 1.97. The molecule has 0 spiro atoms. The Morgan fingerprint density at radius 3 is 2.22 bits per heavy atom. The van der Waals surface area contributed by atoms with Crippen molar-refractivity contribution in [2.45, 2.75) is 39.2 Å². The lowest BCUT2D eigenvalue weighted by Crippen LogP contribution is -2.29. The fourth-order valence-electron chi connectivity index (χ4n) is 2.23. The smallest absolute Gasteiger partial charge is 0.347 e. The van der Waals surface area contributed by atoms with Crippen LogP contribution in [0.15, 0.2) is 54.6 Å². The van der Waals surface area contributed by atoms with E-state index in [1.807, 2.05) is 49.4 Å². The highest BCUT2D eigenvalue weighted by Gasteiger charge is 2.19. The molecule has 0 saturated heterocycles. The molecule has 3 nitrogen and oxygen atoms in total. The predicted octanol–water partition coefficient (Wildman–Crippen LogP) is 4.85. The number of benzene rings is 2. The van der Waals surface area contributed by atoms with Crippen molar-refractivity contribution in [1.29, 1.82) is 0 Å². The number of ether oxygens (including phenoxy) is 2. The quantitative estimate of drug-likeness (QED) is 0.516. The van der Waals surface area contributed by atoms with Gasteiger partial charge in [-0.15, -0.1) is 0 Å². The SMILES string of the molecule is CCCCOC(=O)[C@H](CC)Oc1ccc(-c2ccccc2)cc1. The molecule has 2 aromatic carbocycles. The minimum Gasteiger partial charge on any atom is -0.479 e. The van der Waals surface area contributed by atoms with Crippen LogP contribution in [0.1, 0.15) is 33.1 Å². The van der Waals surface area contributed by atoms with E-state index in [4.69, 9.17) is 9.47 Å². The number of esters is 1. The molecule has 0 saturated carbocycles. The number of hydrogen-bond donors (Lipinski definition) is 0. The molecule has 23 heavy (non-hydrogen) atoms. The van der Waals surface area contributed by atoms with Crippen molar-refractivity contribution in [3.8, 4) is 16.9 Å². The van der Waals surface area contributed by atoms with E-state index in [-0.39, 0.29) is 5.97 Å². The normalized spacial score (nSPS) is 11.7. The van der Waals surface area contributed by atoms with Crippen LogP contribution in [0, 0.1) is 0 Å². The van der Waals surface area contributed by atoms with Crippen LogP contribution < -0.4 is 4.74 Å². The first kappa shape index (κ1) is 17.1. The lowest BCUT2D eigenvalue weighted by atomic mass is 10.1. The Morgan fingerprint density at radius 2 is 1.61 bits per heavy atom. The minimum atomic E-state index is -0.547. The lowest BCUT2D eigenvalue weighted by molar-refractivity contribution is -0.152. The maximum absolute atomic E-state index is 12.0. The van der Waals surface area contributed by atoms with Gasteiger partial charge in [0.2, 0.25) is 0 Å². The second kappa shape index (κ2) is 8.99.